The van der Waals surface area contributed by atoms with Gasteiger partial charge in [-0.25, -0.2) is 0 Å². The average molecular weight is 391 g/mol. The van der Waals surface area contributed by atoms with Gasteiger partial charge >= 0.3 is 5.97 Å². The molecule has 0 radical (unpaired) electrons. The number of halogens is 2. The molecule has 0 amide bonds. The number of hydrogen-bond donors (Lipinski definition) is 0. The van der Waals surface area contributed by atoms with Crippen molar-refractivity contribution in [3.05, 3.63) is 63.3 Å². The molecule has 0 fully saturated rings. The van der Waals surface area contributed by atoms with Crippen LogP contribution in [0.5, 0.6) is 0 Å². The van der Waals surface area contributed by atoms with Crippen molar-refractivity contribution in [1.82, 2.24) is 9.78 Å². The van der Waals surface area contributed by atoms with Gasteiger partial charge < -0.3 is 4.74 Å². The Labute approximate surface area is 162 Å². The van der Waals surface area contributed by atoms with Gasteiger partial charge in [-0.05, 0) is 43.2 Å². The van der Waals surface area contributed by atoms with E-state index in [4.69, 9.17) is 33.0 Å². The van der Waals surface area contributed by atoms with Gasteiger partial charge in [-0.2, -0.15) is 5.10 Å². The Morgan fingerprint density at radius 1 is 1.19 bits per heavy atom. The Balaban J connectivity index is 1.94. The van der Waals surface area contributed by atoms with Crippen LogP contribution in [0.1, 0.15) is 30.2 Å². The van der Waals surface area contributed by atoms with E-state index in [2.05, 4.69) is 18.2 Å². The third-order valence-corrected chi connectivity index (χ3v) is 4.78. The zero-order valence-corrected chi connectivity index (χ0v) is 16.3. The molecule has 0 aliphatic carbocycles. The molecule has 0 unspecified atom stereocenters. The third-order valence-electron chi connectivity index (χ3n) is 4.19. The number of aryl methyl sites for hydroxylation is 2. The molecule has 1 aromatic heterocycles. The molecule has 1 heterocycles. The number of esters is 1. The molecular weight excluding hydrogens is 371 g/mol. The lowest BCUT2D eigenvalue weighted by Gasteiger charge is -2.07. The molecule has 0 bridgehead atoms. The predicted octanol–water partition coefficient (Wildman–Crippen LogP) is 5.20. The van der Waals surface area contributed by atoms with Crippen LogP contribution in [0.15, 0.2) is 36.4 Å². The zero-order valence-electron chi connectivity index (χ0n) is 14.8. The minimum Gasteiger partial charge on any atom is -0.466 e. The molecule has 2 aromatic carbocycles. The molecule has 3 rings (SSSR count). The van der Waals surface area contributed by atoms with Gasteiger partial charge in [0, 0.05) is 21.9 Å². The maximum Gasteiger partial charge on any atom is 0.306 e. The van der Waals surface area contributed by atoms with Crippen LogP contribution in [0.3, 0.4) is 0 Å². The molecule has 3 aromatic rings. The summed E-state index contributed by atoms with van der Waals surface area (Å²) in [6.45, 7) is 4.78. The number of ether oxygens (including phenoxy) is 1. The SMILES string of the molecule is CCOC(=O)CCc1nn(Cc2ccc(Cl)cc2Cl)c2cc(C)ccc12. The summed E-state index contributed by atoms with van der Waals surface area (Å²) in [5.41, 5.74) is 4.00. The van der Waals surface area contributed by atoms with Crippen LogP contribution in [0, 0.1) is 6.92 Å². The predicted molar refractivity (Wildman–Crippen MR) is 105 cm³/mol. The van der Waals surface area contributed by atoms with E-state index in [0.717, 1.165) is 27.7 Å². The van der Waals surface area contributed by atoms with Crippen molar-refractivity contribution in [2.75, 3.05) is 6.61 Å². The van der Waals surface area contributed by atoms with Gasteiger partial charge in [-0.3, -0.25) is 9.48 Å². The van der Waals surface area contributed by atoms with Gasteiger partial charge in [0.05, 0.1) is 30.8 Å². The van der Waals surface area contributed by atoms with E-state index in [-0.39, 0.29) is 5.97 Å². The van der Waals surface area contributed by atoms with Crippen molar-refractivity contribution in [3.8, 4) is 0 Å². The highest BCUT2D eigenvalue weighted by molar-refractivity contribution is 6.35. The van der Waals surface area contributed by atoms with Crippen molar-refractivity contribution in [2.24, 2.45) is 0 Å². The van der Waals surface area contributed by atoms with Crippen molar-refractivity contribution in [1.29, 1.82) is 0 Å². The number of benzene rings is 2. The van der Waals surface area contributed by atoms with Crippen molar-refractivity contribution >= 4 is 40.1 Å². The Kier molecular flexibility index (Phi) is 5.84. The van der Waals surface area contributed by atoms with E-state index in [9.17, 15) is 4.79 Å². The molecule has 0 aliphatic heterocycles. The Morgan fingerprint density at radius 3 is 2.73 bits per heavy atom. The fourth-order valence-electron chi connectivity index (χ4n) is 2.92. The molecule has 136 valence electrons. The van der Waals surface area contributed by atoms with Gasteiger partial charge in [0.2, 0.25) is 0 Å². The van der Waals surface area contributed by atoms with Gasteiger partial charge in [0.1, 0.15) is 0 Å². The molecule has 0 saturated carbocycles. The van der Waals surface area contributed by atoms with E-state index in [0.29, 0.717) is 36.0 Å². The quantitative estimate of drug-likeness (QED) is 0.543. The summed E-state index contributed by atoms with van der Waals surface area (Å²) in [6, 6.07) is 11.7. The van der Waals surface area contributed by atoms with Crippen LogP contribution in [0.2, 0.25) is 10.0 Å². The standard InChI is InChI=1S/C20H20Cl2N2O2/c1-3-26-20(25)9-8-18-16-7-4-13(2)10-19(16)24(23-18)12-14-5-6-15(21)11-17(14)22/h4-7,10-11H,3,8-9,12H2,1-2H3. The normalized spacial score (nSPS) is 11.1. The zero-order chi connectivity index (χ0) is 18.7. The van der Waals surface area contributed by atoms with Gasteiger partial charge in [0.15, 0.2) is 0 Å². The van der Waals surface area contributed by atoms with E-state index in [1.165, 1.54) is 0 Å². The summed E-state index contributed by atoms with van der Waals surface area (Å²) in [6.07, 6.45) is 0.856. The molecule has 0 spiro atoms. The second kappa shape index (κ2) is 8.11. The molecule has 6 heteroatoms. The topological polar surface area (TPSA) is 44.1 Å². The van der Waals surface area contributed by atoms with Crippen LogP contribution >= 0.6 is 23.2 Å². The van der Waals surface area contributed by atoms with E-state index in [1.54, 1.807) is 13.0 Å². The van der Waals surface area contributed by atoms with Crippen LogP contribution < -0.4 is 0 Å². The minimum atomic E-state index is -0.206. The first-order valence-electron chi connectivity index (χ1n) is 8.53. The second-order valence-electron chi connectivity index (χ2n) is 6.17. The highest BCUT2D eigenvalue weighted by atomic mass is 35.5. The van der Waals surface area contributed by atoms with Crippen LogP contribution in [0.25, 0.3) is 10.9 Å². The van der Waals surface area contributed by atoms with Gasteiger partial charge in [-0.15, -0.1) is 0 Å². The largest absolute Gasteiger partial charge is 0.466 e. The fourth-order valence-corrected chi connectivity index (χ4v) is 3.39. The van der Waals surface area contributed by atoms with Crippen molar-refractivity contribution in [2.45, 2.75) is 33.2 Å². The lowest BCUT2D eigenvalue weighted by Crippen LogP contribution is -2.06. The Hall–Kier alpha value is -2.04. The lowest BCUT2D eigenvalue weighted by atomic mass is 10.1. The number of carbonyl (C=O) groups is 1. The summed E-state index contributed by atoms with van der Waals surface area (Å²) < 4.78 is 6.95. The highest BCUT2D eigenvalue weighted by Gasteiger charge is 2.14. The molecule has 4 nitrogen and oxygen atoms in total. The van der Waals surface area contributed by atoms with E-state index < -0.39 is 0 Å². The van der Waals surface area contributed by atoms with Gasteiger partial charge in [0.25, 0.3) is 0 Å². The summed E-state index contributed by atoms with van der Waals surface area (Å²) in [5.74, 6) is -0.206. The number of fused-ring (bicyclic) bond motifs is 1. The summed E-state index contributed by atoms with van der Waals surface area (Å²) in [7, 11) is 0. The van der Waals surface area contributed by atoms with E-state index in [1.807, 2.05) is 23.7 Å². The first-order chi connectivity index (χ1) is 12.5. The van der Waals surface area contributed by atoms with Crippen LogP contribution in [-0.4, -0.2) is 22.4 Å². The fraction of sp³-hybridized carbons (Fsp3) is 0.300. The summed E-state index contributed by atoms with van der Waals surface area (Å²) in [4.78, 5) is 11.7. The lowest BCUT2D eigenvalue weighted by molar-refractivity contribution is -0.143. The van der Waals surface area contributed by atoms with Crippen molar-refractivity contribution in [3.63, 3.8) is 0 Å². The first-order valence-corrected chi connectivity index (χ1v) is 9.29. The monoisotopic (exact) mass is 390 g/mol. The highest BCUT2D eigenvalue weighted by Crippen LogP contribution is 2.26. The number of aromatic nitrogens is 2. The minimum absolute atomic E-state index is 0.206. The molecule has 0 aliphatic rings. The van der Waals surface area contributed by atoms with Crippen LogP contribution in [-0.2, 0) is 22.5 Å². The average Bonchev–Trinajstić information content (AvgIpc) is 2.93. The second-order valence-corrected chi connectivity index (χ2v) is 7.01. The van der Waals surface area contributed by atoms with E-state index >= 15 is 0 Å². The van der Waals surface area contributed by atoms with Gasteiger partial charge in [-0.1, -0.05) is 41.4 Å². The molecule has 0 saturated heterocycles. The number of carbonyl (C=O) groups excluding carboxylic acids is 1. The smallest absolute Gasteiger partial charge is 0.306 e. The maximum absolute atomic E-state index is 11.7. The van der Waals surface area contributed by atoms with Crippen LogP contribution in [0.4, 0.5) is 0 Å². The Bertz CT molecular complexity index is 950. The molecule has 26 heavy (non-hydrogen) atoms. The molecular formula is C20H20Cl2N2O2. The number of rotatable bonds is 6. The third kappa shape index (κ3) is 4.19. The summed E-state index contributed by atoms with van der Waals surface area (Å²) in [5, 5.41) is 7.00. The first kappa shape index (κ1) is 18.7. The number of nitrogens with zero attached hydrogens (tertiary/aromatic N) is 2. The Morgan fingerprint density at radius 2 is 2.00 bits per heavy atom. The summed E-state index contributed by atoms with van der Waals surface area (Å²) >= 11 is 12.3. The maximum atomic E-state index is 11.7. The van der Waals surface area contributed by atoms with Crippen molar-refractivity contribution < 1.29 is 9.53 Å². The molecule has 0 atom stereocenters. The number of hydrogen-bond acceptors (Lipinski definition) is 3. The molecule has 0 N–H and O–H groups in total.